The highest BCUT2D eigenvalue weighted by molar-refractivity contribution is 9.10. The highest BCUT2D eigenvalue weighted by Crippen LogP contribution is 2.20. The Labute approximate surface area is 102 Å². The van der Waals surface area contributed by atoms with Crippen molar-refractivity contribution in [2.75, 3.05) is 16.8 Å². The molecule has 1 aromatic carbocycles. The summed E-state index contributed by atoms with van der Waals surface area (Å²) in [4.78, 5) is 4.12. The van der Waals surface area contributed by atoms with Gasteiger partial charge in [-0.3, -0.25) is 0 Å². The predicted octanol–water partition coefficient (Wildman–Crippen LogP) is 2.75. The van der Waals surface area contributed by atoms with Crippen molar-refractivity contribution in [1.82, 2.24) is 4.98 Å². The summed E-state index contributed by atoms with van der Waals surface area (Å²) in [6, 6.07) is 11.3. The second-order valence-electron chi connectivity index (χ2n) is 3.30. The first-order chi connectivity index (χ1) is 7.65. The molecule has 4 nitrogen and oxygen atoms in total. The van der Waals surface area contributed by atoms with E-state index in [1.54, 1.807) is 12.1 Å². The lowest BCUT2D eigenvalue weighted by molar-refractivity contribution is 1.32. The Morgan fingerprint density at radius 1 is 1.00 bits per heavy atom. The van der Waals surface area contributed by atoms with Crippen LogP contribution in [0, 0.1) is 0 Å². The maximum Gasteiger partial charge on any atom is 0.149 e. The molecule has 0 aliphatic carbocycles. The van der Waals surface area contributed by atoms with E-state index in [-0.39, 0.29) is 0 Å². The molecule has 2 rings (SSSR count). The molecule has 82 valence electrons. The third-order valence-corrected chi connectivity index (χ3v) is 2.60. The van der Waals surface area contributed by atoms with Crippen LogP contribution in [0.15, 0.2) is 40.9 Å². The fourth-order valence-electron chi connectivity index (χ4n) is 1.24. The van der Waals surface area contributed by atoms with Crippen LogP contribution in [0.1, 0.15) is 0 Å². The fourth-order valence-corrected chi connectivity index (χ4v) is 1.50. The molecule has 0 saturated carbocycles. The van der Waals surface area contributed by atoms with Crippen molar-refractivity contribution in [3.05, 3.63) is 40.9 Å². The number of pyridine rings is 1. The number of benzene rings is 1. The van der Waals surface area contributed by atoms with Crippen LogP contribution in [0.25, 0.3) is 0 Å². The van der Waals surface area contributed by atoms with E-state index in [2.05, 4.69) is 26.2 Å². The number of halogens is 1. The normalized spacial score (nSPS) is 10.1. The molecule has 0 fully saturated rings. The second kappa shape index (κ2) is 4.40. The number of nitrogens with zero attached hydrogens (tertiary/aromatic N) is 1. The number of nitrogen functional groups attached to an aromatic ring is 2. The minimum absolute atomic E-state index is 0.335. The Morgan fingerprint density at radius 3 is 2.31 bits per heavy atom. The maximum atomic E-state index is 5.61. The van der Waals surface area contributed by atoms with Crippen LogP contribution in [-0.4, -0.2) is 4.98 Å². The fraction of sp³-hybridized carbons (Fsp3) is 0. The summed E-state index contributed by atoms with van der Waals surface area (Å²) >= 11 is 3.37. The lowest BCUT2D eigenvalue weighted by atomic mass is 10.3. The lowest BCUT2D eigenvalue weighted by Crippen LogP contribution is -2.00. The van der Waals surface area contributed by atoms with Gasteiger partial charge in [0.2, 0.25) is 0 Å². The zero-order valence-electron chi connectivity index (χ0n) is 8.44. The Kier molecular flexibility index (Phi) is 2.96. The predicted molar refractivity (Wildman–Crippen MR) is 70.5 cm³/mol. The molecule has 1 aromatic heterocycles. The molecule has 0 aliphatic rings. The van der Waals surface area contributed by atoms with Gasteiger partial charge in [-0.15, -0.1) is 0 Å². The number of rotatable bonds is 2. The highest BCUT2D eigenvalue weighted by atomic mass is 79.9. The van der Waals surface area contributed by atoms with Crippen molar-refractivity contribution in [3.63, 3.8) is 0 Å². The van der Waals surface area contributed by atoms with Crippen molar-refractivity contribution in [3.8, 4) is 0 Å². The largest absolute Gasteiger partial charge is 0.396 e. The Bertz CT molecular complexity index is 496. The molecule has 2 aromatic rings. The van der Waals surface area contributed by atoms with Gasteiger partial charge in [0.1, 0.15) is 11.6 Å². The first kappa shape index (κ1) is 10.8. The first-order valence-electron chi connectivity index (χ1n) is 4.70. The summed E-state index contributed by atoms with van der Waals surface area (Å²) < 4.78 is 1.03. The lowest BCUT2D eigenvalue weighted by Gasteiger charge is -2.07. The minimum Gasteiger partial charge on any atom is -0.396 e. The molecule has 0 aliphatic heterocycles. The third-order valence-electron chi connectivity index (χ3n) is 2.07. The summed E-state index contributed by atoms with van der Waals surface area (Å²) in [5.74, 6) is 1.01. The molecule has 0 unspecified atom stereocenters. The van der Waals surface area contributed by atoms with Gasteiger partial charge in [-0.25, -0.2) is 4.98 Å². The molecule has 0 amide bonds. The van der Waals surface area contributed by atoms with E-state index < -0.39 is 0 Å². The van der Waals surface area contributed by atoms with Gasteiger partial charge in [0, 0.05) is 10.2 Å². The molecule has 0 saturated heterocycles. The molecule has 5 heteroatoms. The summed E-state index contributed by atoms with van der Waals surface area (Å²) in [5.41, 5.74) is 12.6. The van der Waals surface area contributed by atoms with E-state index in [0.29, 0.717) is 17.3 Å². The Balaban J connectivity index is 2.20. The van der Waals surface area contributed by atoms with Crippen LogP contribution in [0.3, 0.4) is 0 Å². The number of aromatic nitrogens is 1. The van der Waals surface area contributed by atoms with Gasteiger partial charge in [-0.2, -0.15) is 0 Å². The first-order valence-corrected chi connectivity index (χ1v) is 5.49. The van der Waals surface area contributed by atoms with Crippen molar-refractivity contribution in [2.45, 2.75) is 0 Å². The van der Waals surface area contributed by atoms with Crippen molar-refractivity contribution >= 4 is 38.9 Å². The third kappa shape index (κ3) is 2.43. The summed E-state index contributed by atoms with van der Waals surface area (Å²) in [7, 11) is 0. The van der Waals surface area contributed by atoms with Gasteiger partial charge in [0.05, 0.1) is 5.69 Å². The van der Waals surface area contributed by atoms with Gasteiger partial charge < -0.3 is 16.8 Å². The van der Waals surface area contributed by atoms with Gasteiger partial charge in [-0.05, 0) is 36.4 Å². The van der Waals surface area contributed by atoms with E-state index in [1.165, 1.54) is 0 Å². The van der Waals surface area contributed by atoms with Gasteiger partial charge in [0.25, 0.3) is 0 Å². The van der Waals surface area contributed by atoms with E-state index in [1.807, 2.05) is 24.3 Å². The Hall–Kier alpha value is -1.75. The maximum absolute atomic E-state index is 5.61. The molecule has 0 spiro atoms. The monoisotopic (exact) mass is 278 g/mol. The average Bonchev–Trinajstić information content (AvgIpc) is 2.27. The zero-order chi connectivity index (χ0) is 11.5. The summed E-state index contributed by atoms with van der Waals surface area (Å²) in [6.07, 6.45) is 0. The van der Waals surface area contributed by atoms with E-state index in [4.69, 9.17) is 11.5 Å². The summed E-state index contributed by atoms with van der Waals surface area (Å²) in [5, 5.41) is 3.13. The molecule has 5 N–H and O–H groups in total. The molecular formula is C11H11BrN4. The number of anilines is 4. The van der Waals surface area contributed by atoms with E-state index >= 15 is 0 Å². The van der Waals surface area contributed by atoms with E-state index in [9.17, 15) is 0 Å². The smallest absolute Gasteiger partial charge is 0.149 e. The highest BCUT2D eigenvalue weighted by Gasteiger charge is 1.99. The number of nitrogens with one attached hydrogen (secondary N) is 1. The Morgan fingerprint density at radius 2 is 1.69 bits per heavy atom. The molecular weight excluding hydrogens is 268 g/mol. The van der Waals surface area contributed by atoms with Gasteiger partial charge >= 0.3 is 0 Å². The molecule has 0 radical (unpaired) electrons. The van der Waals surface area contributed by atoms with Gasteiger partial charge in [-0.1, -0.05) is 15.9 Å². The molecule has 1 heterocycles. The molecule has 0 atom stereocenters. The van der Waals surface area contributed by atoms with Crippen LogP contribution < -0.4 is 16.8 Å². The quantitative estimate of drug-likeness (QED) is 0.790. The van der Waals surface area contributed by atoms with Crippen molar-refractivity contribution in [2.24, 2.45) is 0 Å². The van der Waals surface area contributed by atoms with Crippen LogP contribution in [0.4, 0.5) is 23.0 Å². The van der Waals surface area contributed by atoms with Crippen LogP contribution in [-0.2, 0) is 0 Å². The average molecular weight is 279 g/mol. The van der Waals surface area contributed by atoms with Gasteiger partial charge in [0.15, 0.2) is 0 Å². The number of hydrogen-bond donors (Lipinski definition) is 3. The standard InChI is InChI=1S/C11H11BrN4/c12-7-1-3-8(4-2-7)15-10-6-5-9(13)11(14)16-10/h1-6H,13H2,(H3,14,15,16). The van der Waals surface area contributed by atoms with Crippen LogP contribution in [0.2, 0.25) is 0 Å². The minimum atomic E-state index is 0.335. The second-order valence-corrected chi connectivity index (χ2v) is 4.22. The number of nitrogens with two attached hydrogens (primary N) is 2. The van der Waals surface area contributed by atoms with Crippen LogP contribution in [0.5, 0.6) is 0 Å². The SMILES string of the molecule is Nc1ccc(Nc2ccc(Br)cc2)nc1N. The van der Waals surface area contributed by atoms with Crippen molar-refractivity contribution in [1.29, 1.82) is 0 Å². The molecule has 16 heavy (non-hydrogen) atoms. The van der Waals surface area contributed by atoms with E-state index in [0.717, 1.165) is 10.2 Å². The topological polar surface area (TPSA) is 77.0 Å². The van der Waals surface area contributed by atoms with Crippen molar-refractivity contribution < 1.29 is 0 Å². The zero-order valence-corrected chi connectivity index (χ0v) is 10.0. The number of hydrogen-bond acceptors (Lipinski definition) is 4. The van der Waals surface area contributed by atoms with Crippen LogP contribution >= 0.6 is 15.9 Å². The molecule has 0 bridgehead atoms. The summed E-state index contributed by atoms with van der Waals surface area (Å²) in [6.45, 7) is 0.